The minimum Gasteiger partial charge on any atom is -0.0839 e. The summed E-state index contributed by atoms with van der Waals surface area (Å²) in [5.41, 5.74) is 6.79. The van der Waals surface area contributed by atoms with Crippen LogP contribution in [0.1, 0.15) is 57.1 Å². The molecule has 0 aromatic heterocycles. The summed E-state index contributed by atoms with van der Waals surface area (Å²) in [5, 5.41) is 0. The van der Waals surface area contributed by atoms with Crippen LogP contribution in [0.4, 0.5) is 0 Å². The van der Waals surface area contributed by atoms with Crippen LogP contribution in [-0.2, 0) is 0 Å². The maximum Gasteiger partial charge on any atom is -0.0132 e. The number of rotatable bonds is 8. The molecule has 2 aromatic rings. The van der Waals surface area contributed by atoms with Crippen molar-refractivity contribution in [1.29, 1.82) is 0 Å². The molecular weight excluding hydrogens is 336 g/mol. The Morgan fingerprint density at radius 2 is 1.61 bits per heavy atom. The van der Waals surface area contributed by atoms with Crippen LogP contribution in [0.25, 0.3) is 16.7 Å². The highest BCUT2D eigenvalue weighted by atomic mass is 14.2. The lowest BCUT2D eigenvalue weighted by atomic mass is 9.81. The smallest absolute Gasteiger partial charge is 0.0132 e. The predicted octanol–water partition coefficient (Wildman–Crippen LogP) is 8.39. The molecule has 0 aliphatic heterocycles. The molecule has 0 nitrogen and oxygen atoms in total. The van der Waals surface area contributed by atoms with Crippen molar-refractivity contribution in [2.75, 3.05) is 0 Å². The largest absolute Gasteiger partial charge is 0.0839 e. The molecule has 3 rings (SSSR count). The Balaban J connectivity index is 1.85. The first-order chi connectivity index (χ1) is 13.7. The summed E-state index contributed by atoms with van der Waals surface area (Å²) >= 11 is 0. The van der Waals surface area contributed by atoms with Crippen LogP contribution in [0.2, 0.25) is 0 Å². The van der Waals surface area contributed by atoms with E-state index in [1.165, 1.54) is 53.5 Å². The third-order valence-electron chi connectivity index (χ3n) is 5.76. The van der Waals surface area contributed by atoms with Crippen molar-refractivity contribution in [3.8, 4) is 11.1 Å². The van der Waals surface area contributed by atoms with E-state index >= 15 is 0 Å². The molecule has 0 heterocycles. The van der Waals surface area contributed by atoms with Crippen molar-refractivity contribution in [3.05, 3.63) is 90.0 Å². The van der Waals surface area contributed by atoms with Crippen molar-refractivity contribution in [2.24, 2.45) is 11.8 Å². The summed E-state index contributed by atoms with van der Waals surface area (Å²) in [5.74, 6) is 1.27. The average Bonchev–Trinajstić information content (AvgIpc) is 2.74. The fourth-order valence-corrected chi connectivity index (χ4v) is 4.15. The molecule has 0 spiro atoms. The molecule has 0 saturated heterocycles. The van der Waals surface area contributed by atoms with Gasteiger partial charge in [0, 0.05) is 0 Å². The van der Waals surface area contributed by atoms with Gasteiger partial charge in [0.1, 0.15) is 0 Å². The minimum atomic E-state index is 0.629. The molecule has 0 fully saturated rings. The second kappa shape index (κ2) is 10.3. The van der Waals surface area contributed by atoms with E-state index in [-0.39, 0.29) is 0 Å². The molecule has 2 aromatic carbocycles. The molecule has 0 bridgehead atoms. The average molecular weight is 371 g/mol. The van der Waals surface area contributed by atoms with E-state index in [0.717, 1.165) is 6.42 Å². The Bertz CT molecular complexity index is 815. The third kappa shape index (κ3) is 5.35. The molecule has 28 heavy (non-hydrogen) atoms. The van der Waals surface area contributed by atoms with Gasteiger partial charge in [0.05, 0.1) is 0 Å². The highest BCUT2D eigenvalue weighted by molar-refractivity contribution is 5.70. The molecule has 2 unspecified atom stereocenters. The zero-order valence-electron chi connectivity index (χ0n) is 17.7. The van der Waals surface area contributed by atoms with E-state index in [2.05, 4.69) is 99.7 Å². The van der Waals surface area contributed by atoms with E-state index in [1.807, 2.05) is 0 Å². The Morgan fingerprint density at radius 3 is 2.18 bits per heavy atom. The molecule has 146 valence electrons. The zero-order valence-corrected chi connectivity index (χ0v) is 17.7. The van der Waals surface area contributed by atoms with E-state index < -0.39 is 0 Å². The molecule has 0 saturated carbocycles. The maximum absolute atomic E-state index is 2.59. The number of aryl methyl sites for hydroxylation is 1. The van der Waals surface area contributed by atoms with Crippen LogP contribution < -0.4 is 0 Å². The van der Waals surface area contributed by atoms with Crippen molar-refractivity contribution in [2.45, 2.75) is 52.9 Å². The zero-order chi connectivity index (χ0) is 19.8. The first-order valence-electron chi connectivity index (χ1n) is 10.9. The Labute approximate surface area is 171 Å². The maximum atomic E-state index is 2.59. The van der Waals surface area contributed by atoms with E-state index in [9.17, 15) is 0 Å². The lowest BCUT2D eigenvalue weighted by molar-refractivity contribution is 0.441. The quantitative estimate of drug-likeness (QED) is 0.437. The molecular formula is C28H34. The van der Waals surface area contributed by atoms with Crippen LogP contribution in [0, 0.1) is 18.8 Å². The lowest BCUT2D eigenvalue weighted by Crippen LogP contribution is -2.12. The van der Waals surface area contributed by atoms with E-state index in [4.69, 9.17) is 0 Å². The van der Waals surface area contributed by atoms with Crippen LogP contribution in [0.3, 0.4) is 0 Å². The van der Waals surface area contributed by atoms with Gasteiger partial charge in [-0.15, -0.1) is 0 Å². The molecule has 0 N–H and O–H groups in total. The van der Waals surface area contributed by atoms with Crippen molar-refractivity contribution >= 4 is 5.57 Å². The van der Waals surface area contributed by atoms with Crippen molar-refractivity contribution in [3.63, 3.8) is 0 Å². The standard InChI is InChI=1S/C28H34/c1-4-9-27(23-11-7-6-8-12-23)21-28(10-5-2)26-19-17-25(18-20-26)24-15-13-22(3)14-16-24/h6-8,11,13-21,23,27H,4-5,9-10,12H2,1-3H3/b28-21+. The summed E-state index contributed by atoms with van der Waals surface area (Å²) in [4.78, 5) is 0. The molecule has 0 radical (unpaired) electrons. The van der Waals surface area contributed by atoms with Crippen LogP contribution >= 0.6 is 0 Å². The number of hydrogen-bond acceptors (Lipinski definition) is 0. The molecule has 1 aliphatic carbocycles. The number of hydrogen-bond donors (Lipinski definition) is 0. The van der Waals surface area contributed by atoms with Crippen LogP contribution in [-0.4, -0.2) is 0 Å². The summed E-state index contributed by atoms with van der Waals surface area (Å²) in [6.07, 6.45) is 17.7. The van der Waals surface area contributed by atoms with Gasteiger partial charge in [0.15, 0.2) is 0 Å². The van der Waals surface area contributed by atoms with Gasteiger partial charge in [0.2, 0.25) is 0 Å². The predicted molar refractivity (Wildman–Crippen MR) is 124 cm³/mol. The Hall–Kier alpha value is -2.34. The van der Waals surface area contributed by atoms with Gasteiger partial charge >= 0.3 is 0 Å². The fraction of sp³-hybridized carbons (Fsp3) is 0.357. The monoisotopic (exact) mass is 370 g/mol. The SMILES string of the molecule is CCC/C(=C\C(CCC)C1C=CC=CC1)c1ccc(-c2ccc(C)cc2)cc1. The summed E-state index contributed by atoms with van der Waals surface area (Å²) < 4.78 is 0. The summed E-state index contributed by atoms with van der Waals surface area (Å²) in [6, 6.07) is 18.0. The Morgan fingerprint density at radius 1 is 0.929 bits per heavy atom. The van der Waals surface area contributed by atoms with Gasteiger partial charge in [-0.1, -0.05) is 111 Å². The molecule has 0 heteroatoms. The minimum absolute atomic E-state index is 0.629. The second-order valence-electron chi connectivity index (χ2n) is 8.05. The first-order valence-corrected chi connectivity index (χ1v) is 10.9. The lowest BCUT2D eigenvalue weighted by Gasteiger charge is -2.23. The van der Waals surface area contributed by atoms with Gasteiger partial charge < -0.3 is 0 Å². The summed E-state index contributed by atoms with van der Waals surface area (Å²) in [7, 11) is 0. The second-order valence-corrected chi connectivity index (χ2v) is 8.05. The van der Waals surface area contributed by atoms with E-state index in [0.29, 0.717) is 11.8 Å². The fourth-order valence-electron chi connectivity index (χ4n) is 4.15. The van der Waals surface area contributed by atoms with Crippen molar-refractivity contribution in [1.82, 2.24) is 0 Å². The number of allylic oxidation sites excluding steroid dienone is 6. The topological polar surface area (TPSA) is 0 Å². The molecule has 1 aliphatic rings. The highest BCUT2D eigenvalue weighted by Crippen LogP contribution is 2.32. The highest BCUT2D eigenvalue weighted by Gasteiger charge is 2.17. The molecule has 2 atom stereocenters. The Kier molecular flexibility index (Phi) is 7.48. The third-order valence-corrected chi connectivity index (χ3v) is 5.76. The van der Waals surface area contributed by atoms with Gasteiger partial charge in [-0.25, -0.2) is 0 Å². The molecule has 0 amide bonds. The normalized spacial score (nSPS) is 17.7. The van der Waals surface area contributed by atoms with Crippen LogP contribution in [0.15, 0.2) is 78.9 Å². The van der Waals surface area contributed by atoms with Gasteiger partial charge in [-0.3, -0.25) is 0 Å². The first kappa shape index (κ1) is 20.4. The van der Waals surface area contributed by atoms with Crippen LogP contribution in [0.5, 0.6) is 0 Å². The summed E-state index contributed by atoms with van der Waals surface area (Å²) in [6.45, 7) is 6.73. The van der Waals surface area contributed by atoms with Gasteiger partial charge in [-0.2, -0.15) is 0 Å². The van der Waals surface area contributed by atoms with E-state index in [1.54, 1.807) is 0 Å². The number of benzene rings is 2. The van der Waals surface area contributed by atoms with Crippen molar-refractivity contribution < 1.29 is 0 Å². The van der Waals surface area contributed by atoms with Gasteiger partial charge in [0.25, 0.3) is 0 Å². The van der Waals surface area contributed by atoms with Gasteiger partial charge in [-0.05, 0) is 60.3 Å².